The second-order valence-corrected chi connectivity index (χ2v) is 4.80. The lowest BCUT2D eigenvalue weighted by molar-refractivity contribution is -0.129. The van der Waals surface area contributed by atoms with E-state index in [-0.39, 0.29) is 0 Å². The highest BCUT2D eigenvalue weighted by Crippen LogP contribution is 2.36. The van der Waals surface area contributed by atoms with Gasteiger partial charge in [-0.15, -0.1) is 0 Å². The fraction of sp³-hybridized carbons (Fsp3) is 0.500. The van der Waals surface area contributed by atoms with E-state index in [0.717, 1.165) is 25.8 Å². The lowest BCUT2D eigenvalue weighted by atomic mass is 9.93. The van der Waals surface area contributed by atoms with E-state index in [1.165, 1.54) is 24.0 Å². The molecule has 1 aromatic carbocycles. The highest BCUT2D eigenvalue weighted by atomic mass is 16.2. The van der Waals surface area contributed by atoms with E-state index in [4.69, 9.17) is 0 Å². The zero-order valence-electron chi connectivity index (χ0n) is 9.48. The Morgan fingerprint density at radius 1 is 1.12 bits per heavy atom. The monoisotopic (exact) mass is 215 g/mol. The van der Waals surface area contributed by atoms with Crippen LogP contribution in [0.3, 0.4) is 0 Å². The van der Waals surface area contributed by atoms with Gasteiger partial charge in [0.2, 0.25) is 5.91 Å². The molecule has 2 heterocycles. The van der Waals surface area contributed by atoms with Crippen LogP contribution in [0.5, 0.6) is 0 Å². The fourth-order valence-corrected chi connectivity index (χ4v) is 3.02. The van der Waals surface area contributed by atoms with Crippen LogP contribution in [0.1, 0.15) is 42.9 Å². The molecule has 2 aliphatic rings. The van der Waals surface area contributed by atoms with E-state index in [2.05, 4.69) is 29.2 Å². The van der Waals surface area contributed by atoms with Crippen molar-refractivity contribution in [1.82, 2.24) is 4.90 Å². The van der Waals surface area contributed by atoms with Gasteiger partial charge >= 0.3 is 0 Å². The Bertz CT molecular complexity index is 413. The van der Waals surface area contributed by atoms with Gasteiger partial charge < -0.3 is 4.90 Å². The van der Waals surface area contributed by atoms with E-state index in [1.54, 1.807) is 0 Å². The molecule has 0 aromatic heterocycles. The Kier molecular flexibility index (Phi) is 2.43. The van der Waals surface area contributed by atoms with Crippen molar-refractivity contribution >= 4 is 5.91 Å². The van der Waals surface area contributed by atoms with Crippen LogP contribution >= 0.6 is 0 Å². The van der Waals surface area contributed by atoms with Gasteiger partial charge in [0.15, 0.2) is 0 Å². The molecule has 1 saturated heterocycles. The standard InChI is InChI=1S/C14H17NO/c16-14-9-8-13-12-7-2-1-5-11(12)6-3-4-10-15(13)14/h1-2,5,7,13H,3-4,6,8-10H2. The number of carbonyl (C=O) groups is 1. The van der Waals surface area contributed by atoms with Crippen molar-refractivity contribution in [2.24, 2.45) is 0 Å². The van der Waals surface area contributed by atoms with Crippen LogP contribution in [0.2, 0.25) is 0 Å². The molecular formula is C14H17NO. The normalized spacial score (nSPS) is 24.6. The summed E-state index contributed by atoms with van der Waals surface area (Å²) in [5, 5.41) is 0. The number of rotatable bonds is 0. The second-order valence-electron chi connectivity index (χ2n) is 4.80. The molecule has 2 aliphatic heterocycles. The molecule has 2 nitrogen and oxygen atoms in total. The highest BCUT2D eigenvalue weighted by molar-refractivity contribution is 5.79. The first-order valence-corrected chi connectivity index (χ1v) is 6.23. The number of amides is 1. The van der Waals surface area contributed by atoms with Crippen molar-refractivity contribution in [2.75, 3.05) is 6.54 Å². The van der Waals surface area contributed by atoms with Crippen molar-refractivity contribution in [3.8, 4) is 0 Å². The lowest BCUT2D eigenvalue weighted by Crippen LogP contribution is -2.30. The molecular weight excluding hydrogens is 198 g/mol. The molecule has 2 heteroatoms. The lowest BCUT2D eigenvalue weighted by Gasteiger charge is -2.29. The summed E-state index contributed by atoms with van der Waals surface area (Å²) < 4.78 is 0. The SMILES string of the molecule is O=C1CCC2c3ccccc3CCCCN12. The first-order chi connectivity index (χ1) is 7.86. The Morgan fingerprint density at radius 2 is 2.00 bits per heavy atom. The summed E-state index contributed by atoms with van der Waals surface area (Å²) in [5.74, 6) is 0.349. The fourth-order valence-electron chi connectivity index (χ4n) is 3.02. The molecule has 0 bridgehead atoms. The minimum atomic E-state index is 0.349. The summed E-state index contributed by atoms with van der Waals surface area (Å²) in [6, 6.07) is 9.01. The third-order valence-electron chi connectivity index (χ3n) is 3.84. The first kappa shape index (κ1) is 9.88. The number of carbonyl (C=O) groups excluding carboxylic acids is 1. The number of hydrogen-bond acceptors (Lipinski definition) is 1. The summed E-state index contributed by atoms with van der Waals surface area (Å²) >= 11 is 0. The van der Waals surface area contributed by atoms with E-state index >= 15 is 0 Å². The van der Waals surface area contributed by atoms with Crippen LogP contribution in [0.15, 0.2) is 24.3 Å². The van der Waals surface area contributed by atoms with Crippen LogP contribution in [0.4, 0.5) is 0 Å². The van der Waals surface area contributed by atoms with Crippen LogP contribution in [0, 0.1) is 0 Å². The second kappa shape index (κ2) is 3.93. The molecule has 0 aliphatic carbocycles. The summed E-state index contributed by atoms with van der Waals surface area (Å²) in [4.78, 5) is 13.9. The summed E-state index contributed by atoms with van der Waals surface area (Å²) in [5.41, 5.74) is 2.85. The summed E-state index contributed by atoms with van der Waals surface area (Å²) in [6.45, 7) is 0.956. The summed E-state index contributed by atoms with van der Waals surface area (Å²) in [7, 11) is 0. The van der Waals surface area contributed by atoms with Gasteiger partial charge in [-0.1, -0.05) is 24.3 Å². The van der Waals surface area contributed by atoms with Crippen molar-refractivity contribution in [3.63, 3.8) is 0 Å². The molecule has 1 amide bonds. The first-order valence-electron chi connectivity index (χ1n) is 6.23. The molecule has 0 N–H and O–H groups in total. The van der Waals surface area contributed by atoms with Crippen LogP contribution in [-0.4, -0.2) is 17.4 Å². The third kappa shape index (κ3) is 1.53. The van der Waals surface area contributed by atoms with Crippen LogP contribution in [-0.2, 0) is 11.2 Å². The molecule has 1 atom stereocenters. The van der Waals surface area contributed by atoms with Gasteiger partial charge in [-0.05, 0) is 36.8 Å². The molecule has 0 radical (unpaired) electrons. The molecule has 0 saturated carbocycles. The minimum Gasteiger partial charge on any atom is -0.336 e. The molecule has 0 spiro atoms. The third-order valence-corrected chi connectivity index (χ3v) is 3.84. The maximum Gasteiger partial charge on any atom is 0.223 e. The van der Waals surface area contributed by atoms with Gasteiger partial charge in [-0.25, -0.2) is 0 Å². The van der Waals surface area contributed by atoms with Gasteiger partial charge in [-0.2, -0.15) is 0 Å². The van der Waals surface area contributed by atoms with Crippen molar-refractivity contribution in [2.45, 2.75) is 38.1 Å². The molecule has 84 valence electrons. The largest absolute Gasteiger partial charge is 0.336 e. The Balaban J connectivity index is 2.03. The maximum absolute atomic E-state index is 11.8. The molecule has 1 unspecified atom stereocenters. The average molecular weight is 215 g/mol. The van der Waals surface area contributed by atoms with E-state index < -0.39 is 0 Å². The Morgan fingerprint density at radius 3 is 2.94 bits per heavy atom. The zero-order chi connectivity index (χ0) is 11.0. The van der Waals surface area contributed by atoms with Gasteiger partial charge in [0.05, 0.1) is 6.04 Å². The summed E-state index contributed by atoms with van der Waals surface area (Å²) in [6.07, 6.45) is 5.27. The number of aryl methyl sites for hydroxylation is 1. The van der Waals surface area contributed by atoms with Crippen LogP contribution in [0.25, 0.3) is 0 Å². The van der Waals surface area contributed by atoms with Crippen molar-refractivity contribution < 1.29 is 4.79 Å². The number of hydrogen-bond donors (Lipinski definition) is 0. The smallest absolute Gasteiger partial charge is 0.223 e. The van der Waals surface area contributed by atoms with Gasteiger partial charge in [-0.3, -0.25) is 4.79 Å². The molecule has 3 rings (SSSR count). The highest BCUT2D eigenvalue weighted by Gasteiger charge is 2.33. The minimum absolute atomic E-state index is 0.349. The van der Waals surface area contributed by atoms with E-state index in [1.807, 2.05) is 0 Å². The van der Waals surface area contributed by atoms with E-state index in [0.29, 0.717) is 11.9 Å². The molecule has 16 heavy (non-hydrogen) atoms. The van der Waals surface area contributed by atoms with Crippen molar-refractivity contribution in [1.29, 1.82) is 0 Å². The maximum atomic E-state index is 11.8. The topological polar surface area (TPSA) is 20.3 Å². The molecule has 1 fully saturated rings. The zero-order valence-corrected chi connectivity index (χ0v) is 9.48. The molecule has 1 aromatic rings. The average Bonchev–Trinajstić information content (AvgIpc) is 2.63. The predicted molar refractivity (Wildman–Crippen MR) is 63.1 cm³/mol. The van der Waals surface area contributed by atoms with Gasteiger partial charge in [0, 0.05) is 13.0 Å². The van der Waals surface area contributed by atoms with Gasteiger partial charge in [0.1, 0.15) is 0 Å². The quantitative estimate of drug-likeness (QED) is 0.651. The Hall–Kier alpha value is -1.31. The van der Waals surface area contributed by atoms with Crippen LogP contribution < -0.4 is 0 Å². The van der Waals surface area contributed by atoms with Gasteiger partial charge in [0.25, 0.3) is 0 Å². The number of nitrogens with zero attached hydrogens (tertiary/aromatic N) is 1. The number of benzene rings is 1. The predicted octanol–water partition coefficient (Wildman–Crippen LogP) is 2.69. The Labute approximate surface area is 96.3 Å². The number of fused-ring (bicyclic) bond motifs is 3. The van der Waals surface area contributed by atoms with E-state index in [9.17, 15) is 4.79 Å². The van der Waals surface area contributed by atoms with Crippen molar-refractivity contribution in [3.05, 3.63) is 35.4 Å².